The molecule has 0 bridgehead atoms. The van der Waals surface area contributed by atoms with E-state index < -0.39 is 42.2 Å². The molecule has 0 amide bonds. The van der Waals surface area contributed by atoms with Crippen LogP contribution in [0.25, 0.3) is 10.8 Å². The fraction of sp³-hybridized carbons (Fsp3) is 0.370. The van der Waals surface area contributed by atoms with Gasteiger partial charge in [-0.1, -0.05) is 43.3 Å². The van der Waals surface area contributed by atoms with Crippen molar-refractivity contribution in [3.05, 3.63) is 66.4 Å². The number of halogens is 1. The maximum atomic E-state index is 13.5. The molecule has 3 heterocycles. The molecule has 0 unspecified atom stereocenters. The zero-order valence-electron chi connectivity index (χ0n) is 20.1. The van der Waals surface area contributed by atoms with Crippen LogP contribution in [-0.2, 0) is 30.6 Å². The highest BCUT2D eigenvalue weighted by atomic mass is 19.1. The van der Waals surface area contributed by atoms with Crippen molar-refractivity contribution in [3.63, 3.8) is 0 Å². The Hall–Kier alpha value is -3.88. The lowest BCUT2D eigenvalue weighted by Gasteiger charge is -2.30. The number of carbonyl (C=O) groups is 3. The smallest absolute Gasteiger partial charge is 0.306 e. The average molecular weight is 495 g/mol. The molecule has 0 radical (unpaired) electrons. The largest absolute Gasteiger partial charge is 0.472 e. The van der Waals surface area contributed by atoms with Gasteiger partial charge in [-0.3, -0.25) is 19.4 Å². The second-order valence-corrected chi connectivity index (χ2v) is 9.15. The first kappa shape index (κ1) is 25.2. The Labute approximate surface area is 207 Å². The van der Waals surface area contributed by atoms with E-state index in [0.29, 0.717) is 17.0 Å². The van der Waals surface area contributed by atoms with Crippen molar-refractivity contribution in [1.29, 1.82) is 0 Å². The number of rotatable bonds is 11. The number of hydrogen-bond donors (Lipinski definition) is 0. The fourth-order valence-electron chi connectivity index (χ4n) is 4.31. The highest BCUT2D eigenvalue weighted by Crippen LogP contribution is 2.37. The van der Waals surface area contributed by atoms with Gasteiger partial charge in [-0.25, -0.2) is 4.39 Å². The minimum Gasteiger partial charge on any atom is -0.472 e. The summed E-state index contributed by atoms with van der Waals surface area (Å²) in [4.78, 5) is 48.4. The summed E-state index contributed by atoms with van der Waals surface area (Å²) in [6.45, 7) is 2.30. The summed E-state index contributed by atoms with van der Waals surface area (Å²) in [6, 6.07) is 11.2. The standard InChI is InChI=1S/C27H27FN2O6/c1-17(2)27(13-22(30-36-27)26-21-6-4-3-5-19(21)7-9-29-26)24(32)11-20(23(31)14-28)12-25(33)35-16-18-8-10-34-15-18/h3-10,15,17,20H,11-14,16H2,1-2H3/t20-,27+/m0/s1. The molecular formula is C27H27FN2O6. The van der Waals surface area contributed by atoms with Crippen LogP contribution in [0.5, 0.6) is 0 Å². The van der Waals surface area contributed by atoms with Crippen molar-refractivity contribution in [2.24, 2.45) is 17.0 Å². The van der Waals surface area contributed by atoms with Gasteiger partial charge >= 0.3 is 5.97 Å². The third-order valence-corrected chi connectivity index (χ3v) is 6.51. The Bertz CT molecular complexity index is 1280. The monoisotopic (exact) mass is 494 g/mol. The molecule has 36 heavy (non-hydrogen) atoms. The van der Waals surface area contributed by atoms with Crippen molar-refractivity contribution < 1.29 is 32.8 Å². The van der Waals surface area contributed by atoms with Gasteiger partial charge < -0.3 is 14.0 Å². The van der Waals surface area contributed by atoms with E-state index in [1.165, 1.54) is 12.5 Å². The van der Waals surface area contributed by atoms with Gasteiger partial charge in [-0.2, -0.15) is 0 Å². The van der Waals surface area contributed by atoms with E-state index >= 15 is 0 Å². The SMILES string of the molecule is CC(C)[C@@]1(C(=O)C[C@@H](CC(=O)OCc2ccoc2)C(=O)CF)CC(c2nccc3ccccc23)=NO1. The molecule has 4 rings (SSSR count). The lowest BCUT2D eigenvalue weighted by molar-refractivity contribution is -0.152. The van der Waals surface area contributed by atoms with Gasteiger partial charge in [0, 0.05) is 41.8 Å². The van der Waals surface area contributed by atoms with Gasteiger partial charge in [-0.15, -0.1) is 0 Å². The Kier molecular flexibility index (Phi) is 7.57. The Morgan fingerprint density at radius 3 is 2.67 bits per heavy atom. The maximum Gasteiger partial charge on any atom is 0.306 e. The summed E-state index contributed by atoms with van der Waals surface area (Å²) >= 11 is 0. The molecule has 0 saturated heterocycles. The van der Waals surface area contributed by atoms with E-state index in [2.05, 4.69) is 10.1 Å². The van der Waals surface area contributed by atoms with E-state index in [1.807, 2.05) is 44.2 Å². The van der Waals surface area contributed by atoms with Gasteiger partial charge in [0.2, 0.25) is 5.60 Å². The fourth-order valence-corrected chi connectivity index (χ4v) is 4.31. The van der Waals surface area contributed by atoms with Crippen LogP contribution in [-0.4, -0.2) is 40.5 Å². The summed E-state index contributed by atoms with van der Waals surface area (Å²) in [5, 5.41) is 6.07. The number of alkyl halides is 1. The minimum atomic E-state index is -1.36. The summed E-state index contributed by atoms with van der Waals surface area (Å²) in [6.07, 6.45) is 3.89. The van der Waals surface area contributed by atoms with Gasteiger partial charge in [0.1, 0.15) is 19.0 Å². The number of carbonyl (C=O) groups excluding carboxylic acids is 3. The van der Waals surface area contributed by atoms with Gasteiger partial charge in [0.05, 0.1) is 24.6 Å². The van der Waals surface area contributed by atoms with E-state index in [0.717, 1.165) is 10.8 Å². The quantitative estimate of drug-likeness (QED) is 0.359. The molecule has 0 aliphatic carbocycles. The Balaban J connectivity index is 1.49. The maximum absolute atomic E-state index is 13.5. The number of Topliss-reactive ketones (excluding diaryl/α,β-unsaturated/α-hetero) is 2. The zero-order valence-corrected chi connectivity index (χ0v) is 20.1. The van der Waals surface area contributed by atoms with Crippen LogP contribution in [0.3, 0.4) is 0 Å². The van der Waals surface area contributed by atoms with Gasteiger partial charge in [-0.05, 0) is 17.5 Å². The summed E-state index contributed by atoms with van der Waals surface area (Å²) in [5.74, 6) is -3.45. The van der Waals surface area contributed by atoms with Gasteiger partial charge in [0.15, 0.2) is 11.6 Å². The van der Waals surface area contributed by atoms with Crippen LogP contribution in [0.1, 0.15) is 44.4 Å². The average Bonchev–Trinajstić information content (AvgIpc) is 3.57. The molecule has 0 fully saturated rings. The van der Waals surface area contributed by atoms with Gasteiger partial charge in [0.25, 0.3) is 0 Å². The Morgan fingerprint density at radius 2 is 1.94 bits per heavy atom. The third-order valence-electron chi connectivity index (χ3n) is 6.51. The molecular weight excluding hydrogens is 467 g/mol. The number of esters is 1. The minimum absolute atomic E-state index is 0.0475. The topological polar surface area (TPSA) is 108 Å². The van der Waals surface area contributed by atoms with E-state index in [4.69, 9.17) is 14.0 Å². The number of benzene rings is 1. The molecule has 9 heteroatoms. The van der Waals surface area contributed by atoms with E-state index in [1.54, 1.807) is 12.3 Å². The number of furan rings is 1. The van der Waals surface area contributed by atoms with Crippen molar-refractivity contribution in [2.75, 3.05) is 6.67 Å². The van der Waals surface area contributed by atoms with E-state index in [9.17, 15) is 18.8 Å². The molecule has 3 aromatic rings. The molecule has 1 aliphatic rings. The normalized spacial score (nSPS) is 18.1. The van der Waals surface area contributed by atoms with Crippen LogP contribution in [0, 0.1) is 11.8 Å². The second-order valence-electron chi connectivity index (χ2n) is 9.15. The second kappa shape index (κ2) is 10.8. The van der Waals surface area contributed by atoms with E-state index in [-0.39, 0.29) is 25.4 Å². The molecule has 188 valence electrons. The molecule has 0 N–H and O–H groups in total. The number of aromatic nitrogens is 1. The number of nitrogens with zero attached hydrogens (tertiary/aromatic N) is 2. The van der Waals surface area contributed by atoms with Crippen molar-refractivity contribution in [3.8, 4) is 0 Å². The Morgan fingerprint density at radius 1 is 1.14 bits per heavy atom. The first-order valence-electron chi connectivity index (χ1n) is 11.7. The highest BCUT2D eigenvalue weighted by molar-refractivity contribution is 6.12. The van der Waals surface area contributed by atoms with Crippen LogP contribution in [0.2, 0.25) is 0 Å². The molecule has 0 spiro atoms. The molecule has 2 atom stereocenters. The number of pyridine rings is 1. The van der Waals surface area contributed by atoms with Crippen molar-refractivity contribution in [2.45, 2.75) is 45.3 Å². The summed E-state index contributed by atoms with van der Waals surface area (Å²) < 4.78 is 23.4. The van der Waals surface area contributed by atoms with Crippen molar-refractivity contribution >= 4 is 34.0 Å². The summed E-state index contributed by atoms with van der Waals surface area (Å²) in [5.41, 5.74) is 0.408. The predicted octanol–water partition coefficient (Wildman–Crippen LogP) is 4.59. The number of oxime groups is 1. The molecule has 0 saturated carbocycles. The molecule has 2 aromatic heterocycles. The molecule has 1 aromatic carbocycles. The van der Waals surface area contributed by atoms with Crippen molar-refractivity contribution in [1.82, 2.24) is 4.98 Å². The molecule has 8 nitrogen and oxygen atoms in total. The van der Waals surface area contributed by atoms with Crippen LogP contribution >= 0.6 is 0 Å². The van der Waals surface area contributed by atoms with Crippen LogP contribution in [0.4, 0.5) is 4.39 Å². The lowest BCUT2D eigenvalue weighted by atomic mass is 9.77. The number of ether oxygens (including phenoxy) is 1. The number of fused-ring (bicyclic) bond motifs is 1. The lowest BCUT2D eigenvalue weighted by Crippen LogP contribution is -2.45. The predicted molar refractivity (Wildman–Crippen MR) is 129 cm³/mol. The van der Waals surface area contributed by atoms with Crippen LogP contribution < -0.4 is 0 Å². The number of ketones is 2. The highest BCUT2D eigenvalue weighted by Gasteiger charge is 2.50. The first-order valence-corrected chi connectivity index (χ1v) is 11.7. The summed E-state index contributed by atoms with van der Waals surface area (Å²) in [7, 11) is 0. The third kappa shape index (κ3) is 5.19. The zero-order chi connectivity index (χ0) is 25.7. The van der Waals surface area contributed by atoms with Crippen LogP contribution in [0.15, 0.2) is 64.7 Å². The number of hydrogen-bond acceptors (Lipinski definition) is 8. The first-order chi connectivity index (χ1) is 17.3. The molecule has 1 aliphatic heterocycles.